The molecule has 3 nitrogen and oxygen atoms in total. The molecule has 0 saturated carbocycles. The maximum Gasteiger partial charge on any atom is 0.144 e. The Morgan fingerprint density at radius 1 is 1.38 bits per heavy atom. The zero-order valence-electron chi connectivity index (χ0n) is 7.14. The molecular formula is C9H9FN2O. The van der Waals surface area contributed by atoms with Crippen LogP contribution in [0.3, 0.4) is 0 Å². The summed E-state index contributed by atoms with van der Waals surface area (Å²) in [6.07, 6.45) is 2.88. The van der Waals surface area contributed by atoms with Crippen LogP contribution in [-0.4, -0.2) is 10.4 Å². The first kappa shape index (κ1) is 9.38. The monoisotopic (exact) mass is 180 g/mol. The third-order valence-corrected chi connectivity index (χ3v) is 1.26. The molecule has 1 aromatic carbocycles. The Morgan fingerprint density at radius 2 is 2.23 bits per heavy atom. The highest BCUT2D eigenvalue weighted by molar-refractivity contribution is 5.13. The quantitative estimate of drug-likeness (QED) is 0.623. The maximum atomic E-state index is 12.2. The van der Waals surface area contributed by atoms with Crippen LogP contribution >= 0.6 is 0 Å². The number of aryl methyl sites for hydroxylation is 1. The zero-order valence-corrected chi connectivity index (χ0v) is 7.14. The van der Waals surface area contributed by atoms with Crippen LogP contribution in [-0.2, 0) is 0 Å². The van der Waals surface area contributed by atoms with Crippen molar-refractivity contribution in [1.82, 2.24) is 10.4 Å². The highest BCUT2D eigenvalue weighted by Gasteiger charge is 1.84. The maximum absolute atomic E-state index is 12.2. The molecule has 0 aliphatic heterocycles. The van der Waals surface area contributed by atoms with E-state index in [1.54, 1.807) is 6.07 Å². The lowest BCUT2D eigenvalue weighted by molar-refractivity contribution is 0.393. The molecule has 0 spiro atoms. The van der Waals surface area contributed by atoms with Crippen molar-refractivity contribution in [2.75, 3.05) is 0 Å². The van der Waals surface area contributed by atoms with Gasteiger partial charge in [-0.05, 0) is 24.6 Å². The average Bonchev–Trinajstić information content (AvgIpc) is 2.59. The standard InChI is InChI=1S/C7H7F.C2H2N2O/c1-6-3-2-4-7(8)5-6;1-2-5-4-3-1/h2-5H,1H3;1-2H. The zero-order chi connectivity index (χ0) is 9.52. The Hall–Kier alpha value is -1.71. The molecule has 0 amide bonds. The highest BCUT2D eigenvalue weighted by atomic mass is 19.1. The summed E-state index contributed by atoms with van der Waals surface area (Å²) in [5.74, 6) is -0.162. The van der Waals surface area contributed by atoms with Gasteiger partial charge in [0.05, 0.1) is 6.20 Å². The van der Waals surface area contributed by atoms with Crippen molar-refractivity contribution >= 4 is 0 Å². The van der Waals surface area contributed by atoms with Crippen LogP contribution in [0.2, 0.25) is 0 Å². The number of hydrogen-bond donors (Lipinski definition) is 0. The smallest absolute Gasteiger partial charge is 0.144 e. The van der Waals surface area contributed by atoms with E-state index in [0.29, 0.717) is 0 Å². The van der Waals surface area contributed by atoms with E-state index in [1.807, 2.05) is 13.0 Å². The van der Waals surface area contributed by atoms with E-state index in [2.05, 4.69) is 14.9 Å². The second-order valence-corrected chi connectivity index (χ2v) is 2.39. The first-order valence-electron chi connectivity index (χ1n) is 3.72. The van der Waals surface area contributed by atoms with Crippen LogP contribution in [0.4, 0.5) is 4.39 Å². The van der Waals surface area contributed by atoms with Gasteiger partial charge < -0.3 is 4.52 Å². The summed E-state index contributed by atoms with van der Waals surface area (Å²) in [5.41, 5.74) is 0.963. The Kier molecular flexibility index (Phi) is 3.63. The van der Waals surface area contributed by atoms with Crippen LogP contribution in [0.25, 0.3) is 0 Å². The number of benzene rings is 1. The van der Waals surface area contributed by atoms with E-state index in [-0.39, 0.29) is 5.82 Å². The molecule has 0 saturated heterocycles. The van der Waals surface area contributed by atoms with Gasteiger partial charge in [0.2, 0.25) is 0 Å². The molecule has 2 aromatic rings. The lowest BCUT2D eigenvalue weighted by atomic mass is 10.2. The van der Waals surface area contributed by atoms with Crippen molar-refractivity contribution in [2.45, 2.75) is 6.92 Å². The summed E-state index contributed by atoms with van der Waals surface area (Å²) in [6, 6.07) is 6.50. The molecule has 1 heterocycles. The summed E-state index contributed by atoms with van der Waals surface area (Å²) in [7, 11) is 0. The minimum atomic E-state index is -0.162. The molecule has 0 N–H and O–H groups in total. The predicted octanol–water partition coefficient (Wildman–Crippen LogP) is 2.20. The van der Waals surface area contributed by atoms with Crippen LogP contribution < -0.4 is 0 Å². The van der Waals surface area contributed by atoms with Gasteiger partial charge in [0.15, 0.2) is 0 Å². The molecule has 0 fully saturated rings. The molecule has 0 unspecified atom stereocenters. The normalized spacial score (nSPS) is 8.77. The Labute approximate surface area is 75.2 Å². The molecule has 13 heavy (non-hydrogen) atoms. The molecule has 2 rings (SSSR count). The predicted molar refractivity (Wildman–Crippen MR) is 45.4 cm³/mol. The van der Waals surface area contributed by atoms with Gasteiger partial charge in [-0.15, -0.1) is 5.10 Å². The van der Waals surface area contributed by atoms with Gasteiger partial charge in [0, 0.05) is 5.27 Å². The fraction of sp³-hybridized carbons (Fsp3) is 0.111. The minimum absolute atomic E-state index is 0.162. The minimum Gasteiger partial charge on any atom is -0.346 e. The van der Waals surface area contributed by atoms with Crippen molar-refractivity contribution < 1.29 is 8.91 Å². The molecule has 68 valence electrons. The molecule has 0 atom stereocenters. The summed E-state index contributed by atoms with van der Waals surface area (Å²) in [6.45, 7) is 1.86. The molecule has 0 bridgehead atoms. The topological polar surface area (TPSA) is 38.9 Å². The molecular weight excluding hydrogens is 171 g/mol. The van der Waals surface area contributed by atoms with Gasteiger partial charge in [-0.2, -0.15) is 0 Å². The van der Waals surface area contributed by atoms with Crippen molar-refractivity contribution in [3.63, 3.8) is 0 Å². The van der Waals surface area contributed by atoms with E-state index < -0.39 is 0 Å². The number of rotatable bonds is 0. The summed E-state index contributed by atoms with van der Waals surface area (Å²) in [5, 5.41) is 6.40. The average molecular weight is 180 g/mol. The Bertz CT molecular complexity index is 301. The molecule has 4 heteroatoms. The van der Waals surface area contributed by atoms with Gasteiger partial charge in [-0.3, -0.25) is 0 Å². The lowest BCUT2D eigenvalue weighted by Crippen LogP contribution is -1.72. The summed E-state index contributed by atoms with van der Waals surface area (Å²) < 4.78 is 16.4. The molecule has 0 aliphatic rings. The second kappa shape index (κ2) is 5.03. The third kappa shape index (κ3) is 4.00. The van der Waals surface area contributed by atoms with Crippen LogP contribution in [0.15, 0.2) is 41.2 Å². The van der Waals surface area contributed by atoms with E-state index in [9.17, 15) is 4.39 Å². The van der Waals surface area contributed by atoms with Gasteiger partial charge in [-0.1, -0.05) is 12.1 Å². The van der Waals surface area contributed by atoms with E-state index in [4.69, 9.17) is 0 Å². The van der Waals surface area contributed by atoms with E-state index in [1.165, 1.54) is 24.6 Å². The highest BCUT2D eigenvalue weighted by Crippen LogP contribution is 1.99. The number of halogens is 1. The van der Waals surface area contributed by atoms with Gasteiger partial charge in [-0.25, -0.2) is 4.39 Å². The summed E-state index contributed by atoms with van der Waals surface area (Å²) in [4.78, 5) is 0. The van der Waals surface area contributed by atoms with Crippen molar-refractivity contribution in [1.29, 1.82) is 0 Å². The largest absolute Gasteiger partial charge is 0.346 e. The van der Waals surface area contributed by atoms with Gasteiger partial charge in [0.25, 0.3) is 0 Å². The molecule has 1 aromatic heterocycles. The Morgan fingerprint density at radius 3 is 2.54 bits per heavy atom. The third-order valence-electron chi connectivity index (χ3n) is 1.26. The fourth-order valence-electron chi connectivity index (χ4n) is 0.742. The van der Waals surface area contributed by atoms with Gasteiger partial charge in [0.1, 0.15) is 12.1 Å². The van der Waals surface area contributed by atoms with Crippen molar-refractivity contribution in [3.05, 3.63) is 48.1 Å². The summed E-state index contributed by atoms with van der Waals surface area (Å²) >= 11 is 0. The van der Waals surface area contributed by atoms with Crippen LogP contribution in [0.1, 0.15) is 5.56 Å². The molecule has 0 aliphatic carbocycles. The SMILES string of the molecule is Cc1cccc(F)c1.c1conn1. The first-order valence-corrected chi connectivity index (χ1v) is 3.72. The van der Waals surface area contributed by atoms with Crippen molar-refractivity contribution in [3.8, 4) is 0 Å². The number of nitrogens with zero attached hydrogens (tertiary/aromatic N) is 2. The Balaban J connectivity index is 0.000000145. The number of hydrogen-bond acceptors (Lipinski definition) is 3. The van der Waals surface area contributed by atoms with E-state index in [0.717, 1.165) is 5.56 Å². The van der Waals surface area contributed by atoms with Crippen LogP contribution in [0, 0.1) is 12.7 Å². The van der Waals surface area contributed by atoms with Crippen LogP contribution in [0.5, 0.6) is 0 Å². The van der Waals surface area contributed by atoms with Gasteiger partial charge >= 0.3 is 0 Å². The second-order valence-electron chi connectivity index (χ2n) is 2.39. The first-order chi connectivity index (χ1) is 6.29. The van der Waals surface area contributed by atoms with Crippen molar-refractivity contribution in [2.24, 2.45) is 0 Å². The number of aromatic nitrogens is 2. The fourth-order valence-corrected chi connectivity index (χ4v) is 0.742. The molecule has 0 radical (unpaired) electrons. The lowest BCUT2D eigenvalue weighted by Gasteiger charge is -1.87. The van der Waals surface area contributed by atoms with E-state index >= 15 is 0 Å².